The second-order valence-corrected chi connectivity index (χ2v) is 8.75. The first-order chi connectivity index (χ1) is 19.4. The molecule has 3 aromatic heterocycles. The van der Waals surface area contributed by atoms with Crippen LogP contribution in [-0.4, -0.2) is 52.0 Å². The fourth-order valence-corrected chi connectivity index (χ4v) is 3.74. The van der Waals surface area contributed by atoms with Crippen molar-refractivity contribution in [2.75, 3.05) is 0 Å². The molecular formula is C27H23FN10O2. The summed E-state index contributed by atoms with van der Waals surface area (Å²) in [5.41, 5.74) is 3.14. The predicted octanol–water partition coefficient (Wildman–Crippen LogP) is 2.53. The predicted molar refractivity (Wildman–Crippen MR) is 140 cm³/mol. The first-order valence-corrected chi connectivity index (χ1v) is 12.2. The molecule has 12 nitrogen and oxygen atoms in total. The molecule has 2 aromatic carbocycles. The number of carbonyl (C=O) groups is 2. The molecule has 200 valence electrons. The molecule has 3 heterocycles. The maximum Gasteiger partial charge on any atom is 0.270 e. The number of tetrazole rings is 1. The van der Waals surface area contributed by atoms with Crippen LogP contribution in [0.4, 0.5) is 4.39 Å². The number of nitrogens with one attached hydrogen (secondary N) is 2. The minimum atomic E-state index is -0.480. The van der Waals surface area contributed by atoms with E-state index in [0.717, 1.165) is 23.0 Å². The van der Waals surface area contributed by atoms with E-state index in [9.17, 15) is 14.0 Å². The van der Waals surface area contributed by atoms with Crippen molar-refractivity contribution in [2.45, 2.75) is 26.1 Å². The molecule has 0 aliphatic heterocycles. The molecule has 5 rings (SSSR count). The Hall–Kier alpha value is -5.46. The van der Waals surface area contributed by atoms with Crippen LogP contribution in [0, 0.1) is 5.82 Å². The summed E-state index contributed by atoms with van der Waals surface area (Å²) in [5.74, 6) is -0.839. The summed E-state index contributed by atoms with van der Waals surface area (Å²) in [7, 11) is 0. The smallest absolute Gasteiger partial charge is 0.270 e. The summed E-state index contributed by atoms with van der Waals surface area (Å²) in [5, 5.41) is 18.1. The van der Waals surface area contributed by atoms with Gasteiger partial charge >= 0.3 is 0 Å². The number of rotatable bonds is 9. The van der Waals surface area contributed by atoms with Gasteiger partial charge < -0.3 is 10.6 Å². The van der Waals surface area contributed by atoms with Gasteiger partial charge in [-0.1, -0.05) is 36.4 Å². The molecule has 0 radical (unpaired) electrons. The van der Waals surface area contributed by atoms with Crippen LogP contribution < -0.4 is 10.6 Å². The molecule has 40 heavy (non-hydrogen) atoms. The molecule has 0 unspecified atom stereocenters. The number of aromatic nitrogens is 8. The first kappa shape index (κ1) is 26.2. The normalized spacial score (nSPS) is 11.6. The summed E-state index contributed by atoms with van der Waals surface area (Å²) in [6, 6.07) is 14.1. The van der Waals surface area contributed by atoms with Crippen molar-refractivity contribution in [1.82, 2.24) is 50.8 Å². The molecule has 0 saturated carbocycles. The number of benzene rings is 2. The van der Waals surface area contributed by atoms with Gasteiger partial charge in [-0.3, -0.25) is 19.6 Å². The summed E-state index contributed by atoms with van der Waals surface area (Å²) >= 11 is 0. The highest BCUT2D eigenvalue weighted by atomic mass is 19.1. The Morgan fingerprint density at radius 3 is 2.42 bits per heavy atom. The van der Waals surface area contributed by atoms with Gasteiger partial charge in [-0.05, 0) is 35.4 Å². The van der Waals surface area contributed by atoms with Crippen LogP contribution in [0.2, 0.25) is 0 Å². The van der Waals surface area contributed by atoms with Crippen LogP contribution in [-0.2, 0) is 13.1 Å². The Labute approximate surface area is 227 Å². The Morgan fingerprint density at radius 1 is 0.950 bits per heavy atom. The Morgan fingerprint density at radius 2 is 1.70 bits per heavy atom. The van der Waals surface area contributed by atoms with Crippen molar-refractivity contribution < 1.29 is 14.0 Å². The number of hydrogen-bond donors (Lipinski definition) is 2. The second kappa shape index (κ2) is 11.9. The van der Waals surface area contributed by atoms with Crippen LogP contribution in [0.1, 0.15) is 50.8 Å². The molecule has 0 aliphatic rings. The van der Waals surface area contributed by atoms with Crippen LogP contribution in [0.15, 0.2) is 79.5 Å². The fourth-order valence-electron chi connectivity index (χ4n) is 3.74. The lowest BCUT2D eigenvalue weighted by molar-refractivity contribution is 0.0934. The highest BCUT2D eigenvalue weighted by Crippen LogP contribution is 2.19. The van der Waals surface area contributed by atoms with Crippen LogP contribution in [0.3, 0.4) is 0 Å². The van der Waals surface area contributed by atoms with Gasteiger partial charge in [0.2, 0.25) is 5.82 Å². The SMILES string of the molecule is C[C@H](NC(=O)c1cc(C(=O)NCc2ccc(F)cc2)ncn1)c1ccc(-c2nnn(Cc3cnccn3)n2)cc1. The third-order valence-corrected chi connectivity index (χ3v) is 5.89. The van der Waals surface area contributed by atoms with E-state index >= 15 is 0 Å². The molecule has 2 amide bonds. The second-order valence-electron chi connectivity index (χ2n) is 8.75. The Balaban J connectivity index is 1.18. The molecule has 0 aliphatic carbocycles. The van der Waals surface area contributed by atoms with Crippen molar-refractivity contribution in [1.29, 1.82) is 0 Å². The molecule has 2 N–H and O–H groups in total. The zero-order valence-electron chi connectivity index (χ0n) is 21.3. The first-order valence-electron chi connectivity index (χ1n) is 12.2. The van der Waals surface area contributed by atoms with E-state index < -0.39 is 11.8 Å². The average Bonchev–Trinajstić information content (AvgIpc) is 3.45. The lowest BCUT2D eigenvalue weighted by Crippen LogP contribution is -2.29. The zero-order valence-corrected chi connectivity index (χ0v) is 21.3. The standard InChI is InChI=1S/C27H23FN10O2/c1-17(19-4-6-20(7-5-19)25-35-37-38(36-25)15-22-14-29-10-11-30-22)34-27(40)24-12-23(32-16-33-24)26(39)31-13-18-2-8-21(28)9-3-18/h2-12,14,16-17H,13,15H2,1H3,(H,31,39)(H,34,40)/t17-/m0/s1. The molecule has 13 heteroatoms. The van der Waals surface area contributed by atoms with E-state index in [0.29, 0.717) is 18.1 Å². The molecule has 0 spiro atoms. The van der Waals surface area contributed by atoms with Gasteiger partial charge in [-0.25, -0.2) is 14.4 Å². The molecule has 0 bridgehead atoms. The third kappa shape index (κ3) is 6.51. The molecular weight excluding hydrogens is 515 g/mol. The van der Waals surface area contributed by atoms with E-state index in [1.807, 2.05) is 31.2 Å². The van der Waals surface area contributed by atoms with Crippen LogP contribution in [0.5, 0.6) is 0 Å². The van der Waals surface area contributed by atoms with E-state index in [1.54, 1.807) is 30.7 Å². The molecule has 1 atom stereocenters. The Bertz CT molecular complexity index is 1610. The van der Waals surface area contributed by atoms with Crippen molar-refractivity contribution in [3.8, 4) is 11.4 Å². The monoisotopic (exact) mass is 538 g/mol. The molecule has 0 saturated heterocycles. The highest BCUT2D eigenvalue weighted by molar-refractivity contribution is 5.97. The van der Waals surface area contributed by atoms with Gasteiger partial charge in [-0.2, -0.15) is 4.80 Å². The lowest BCUT2D eigenvalue weighted by atomic mass is 10.1. The Kier molecular flexibility index (Phi) is 7.81. The van der Waals surface area contributed by atoms with Crippen molar-refractivity contribution >= 4 is 11.8 Å². The highest BCUT2D eigenvalue weighted by Gasteiger charge is 2.16. The van der Waals surface area contributed by atoms with Gasteiger partial charge in [0.25, 0.3) is 11.8 Å². The zero-order chi connectivity index (χ0) is 27.9. The maximum absolute atomic E-state index is 13.1. The largest absolute Gasteiger partial charge is 0.347 e. The fraction of sp³-hybridized carbons (Fsp3) is 0.148. The topological polar surface area (TPSA) is 153 Å². The number of halogens is 1. The summed E-state index contributed by atoms with van der Waals surface area (Å²) in [4.78, 5) is 43.0. The summed E-state index contributed by atoms with van der Waals surface area (Å²) in [6.07, 6.45) is 5.99. The minimum absolute atomic E-state index is 0.0409. The molecule has 5 aromatic rings. The number of carbonyl (C=O) groups excluding carboxylic acids is 2. The van der Waals surface area contributed by atoms with Crippen molar-refractivity contribution in [2.24, 2.45) is 0 Å². The van der Waals surface area contributed by atoms with Gasteiger partial charge in [0, 0.05) is 30.6 Å². The maximum atomic E-state index is 13.1. The number of amides is 2. The van der Waals surface area contributed by atoms with Crippen LogP contribution >= 0.6 is 0 Å². The van der Waals surface area contributed by atoms with E-state index in [-0.39, 0.29) is 29.8 Å². The van der Waals surface area contributed by atoms with E-state index in [1.165, 1.54) is 23.0 Å². The number of hydrogen-bond acceptors (Lipinski definition) is 9. The minimum Gasteiger partial charge on any atom is -0.347 e. The molecule has 0 fully saturated rings. The number of nitrogens with zero attached hydrogens (tertiary/aromatic N) is 8. The van der Waals surface area contributed by atoms with E-state index in [2.05, 4.69) is 46.0 Å². The van der Waals surface area contributed by atoms with Crippen LogP contribution in [0.25, 0.3) is 11.4 Å². The van der Waals surface area contributed by atoms with Crippen molar-refractivity contribution in [3.63, 3.8) is 0 Å². The van der Waals surface area contributed by atoms with E-state index in [4.69, 9.17) is 0 Å². The van der Waals surface area contributed by atoms with Gasteiger partial charge in [-0.15, -0.1) is 10.2 Å². The van der Waals surface area contributed by atoms with Gasteiger partial charge in [0.05, 0.1) is 17.9 Å². The quantitative estimate of drug-likeness (QED) is 0.288. The lowest BCUT2D eigenvalue weighted by Gasteiger charge is -2.14. The third-order valence-electron chi connectivity index (χ3n) is 5.89. The van der Waals surface area contributed by atoms with Gasteiger partial charge in [0.15, 0.2) is 0 Å². The summed E-state index contributed by atoms with van der Waals surface area (Å²) < 4.78 is 13.1. The van der Waals surface area contributed by atoms with Gasteiger partial charge in [0.1, 0.15) is 30.1 Å². The van der Waals surface area contributed by atoms with Crippen molar-refractivity contribution in [3.05, 3.63) is 114 Å². The summed E-state index contributed by atoms with van der Waals surface area (Å²) in [6.45, 7) is 2.37. The average molecular weight is 539 g/mol.